The topological polar surface area (TPSA) is 88.3 Å². The summed E-state index contributed by atoms with van der Waals surface area (Å²) in [6.45, 7) is 2.00. The van der Waals surface area contributed by atoms with Gasteiger partial charge in [-0.3, -0.25) is 19.7 Å². The summed E-state index contributed by atoms with van der Waals surface area (Å²) in [6, 6.07) is 11.4. The minimum atomic E-state index is -0.00129. The lowest BCUT2D eigenvalue weighted by Crippen LogP contribution is -2.45. The highest BCUT2D eigenvalue weighted by Gasteiger charge is 2.27. The molecule has 4 heterocycles. The molecule has 28 heavy (non-hydrogen) atoms. The minimum absolute atomic E-state index is 0.00129. The highest BCUT2D eigenvalue weighted by molar-refractivity contribution is 5.92. The Labute approximate surface area is 163 Å². The van der Waals surface area contributed by atoms with Crippen molar-refractivity contribution in [3.63, 3.8) is 0 Å². The SMILES string of the molecule is CN(Cc1nc(-c2ccccn2)no1)C1CCN(C(=O)c2ccccn2)CC1. The Balaban J connectivity index is 1.31. The monoisotopic (exact) mass is 378 g/mol. The first-order chi connectivity index (χ1) is 13.7. The van der Waals surface area contributed by atoms with Crippen LogP contribution in [0.25, 0.3) is 11.5 Å². The zero-order valence-corrected chi connectivity index (χ0v) is 15.7. The van der Waals surface area contributed by atoms with Crippen LogP contribution in [0, 0.1) is 0 Å². The van der Waals surface area contributed by atoms with Crippen molar-refractivity contribution >= 4 is 5.91 Å². The maximum absolute atomic E-state index is 12.5. The Bertz CT molecular complexity index is 907. The van der Waals surface area contributed by atoms with Gasteiger partial charge in [0.15, 0.2) is 0 Å². The molecular weight excluding hydrogens is 356 g/mol. The summed E-state index contributed by atoms with van der Waals surface area (Å²) in [6.07, 6.45) is 5.15. The first kappa shape index (κ1) is 18.2. The van der Waals surface area contributed by atoms with Crippen LogP contribution in [0.1, 0.15) is 29.2 Å². The van der Waals surface area contributed by atoms with Crippen LogP contribution in [0.3, 0.4) is 0 Å². The van der Waals surface area contributed by atoms with Crippen molar-refractivity contribution in [2.24, 2.45) is 0 Å². The Morgan fingerprint density at radius 1 is 1.14 bits per heavy atom. The molecule has 0 radical (unpaired) electrons. The third-order valence-corrected chi connectivity index (χ3v) is 5.01. The molecule has 0 bridgehead atoms. The Morgan fingerprint density at radius 2 is 1.89 bits per heavy atom. The van der Waals surface area contributed by atoms with Crippen LogP contribution in [0.5, 0.6) is 0 Å². The lowest BCUT2D eigenvalue weighted by Gasteiger charge is -2.36. The first-order valence-electron chi connectivity index (χ1n) is 9.35. The van der Waals surface area contributed by atoms with E-state index in [0.29, 0.717) is 48.8 Å². The third-order valence-electron chi connectivity index (χ3n) is 5.01. The zero-order chi connectivity index (χ0) is 19.3. The van der Waals surface area contributed by atoms with E-state index >= 15 is 0 Å². The van der Waals surface area contributed by atoms with Crippen molar-refractivity contribution in [2.75, 3.05) is 20.1 Å². The number of likely N-dealkylation sites (tertiary alicyclic amines) is 1. The van der Waals surface area contributed by atoms with E-state index in [0.717, 1.165) is 12.8 Å². The van der Waals surface area contributed by atoms with E-state index in [1.54, 1.807) is 18.5 Å². The van der Waals surface area contributed by atoms with Crippen molar-refractivity contribution in [3.05, 3.63) is 60.4 Å². The van der Waals surface area contributed by atoms with Gasteiger partial charge in [-0.15, -0.1) is 0 Å². The van der Waals surface area contributed by atoms with Gasteiger partial charge in [0.2, 0.25) is 11.7 Å². The maximum Gasteiger partial charge on any atom is 0.272 e. The quantitative estimate of drug-likeness (QED) is 0.673. The van der Waals surface area contributed by atoms with E-state index in [1.165, 1.54) is 0 Å². The molecule has 1 aliphatic heterocycles. The Kier molecular flexibility index (Phi) is 5.38. The van der Waals surface area contributed by atoms with E-state index in [9.17, 15) is 4.79 Å². The highest BCUT2D eigenvalue weighted by atomic mass is 16.5. The largest absolute Gasteiger partial charge is 0.337 e. The van der Waals surface area contributed by atoms with Crippen molar-refractivity contribution in [1.82, 2.24) is 29.9 Å². The van der Waals surface area contributed by atoms with Crippen LogP contribution in [0.15, 0.2) is 53.3 Å². The standard InChI is InChI=1S/C20H22N6O2/c1-25(14-18-23-19(24-28-18)16-6-2-4-10-21-16)15-8-12-26(13-9-15)20(27)17-7-3-5-11-22-17/h2-7,10-11,15H,8-9,12-14H2,1H3. The molecule has 1 saturated heterocycles. The van der Waals surface area contributed by atoms with Crippen molar-refractivity contribution < 1.29 is 9.32 Å². The summed E-state index contributed by atoms with van der Waals surface area (Å²) in [5.41, 5.74) is 1.20. The van der Waals surface area contributed by atoms with Gasteiger partial charge < -0.3 is 9.42 Å². The number of nitrogens with zero attached hydrogens (tertiary/aromatic N) is 6. The lowest BCUT2D eigenvalue weighted by molar-refractivity contribution is 0.0624. The molecule has 0 spiro atoms. The van der Waals surface area contributed by atoms with E-state index < -0.39 is 0 Å². The fraction of sp³-hybridized carbons (Fsp3) is 0.350. The van der Waals surface area contributed by atoms with Crippen LogP contribution in [0.4, 0.5) is 0 Å². The molecule has 8 nitrogen and oxygen atoms in total. The molecule has 0 aliphatic carbocycles. The molecule has 1 amide bonds. The predicted molar refractivity (Wildman–Crippen MR) is 102 cm³/mol. The van der Waals surface area contributed by atoms with E-state index in [-0.39, 0.29) is 5.91 Å². The maximum atomic E-state index is 12.5. The molecular formula is C20H22N6O2. The van der Waals surface area contributed by atoms with Gasteiger partial charge in [-0.1, -0.05) is 17.3 Å². The molecule has 0 unspecified atom stereocenters. The fourth-order valence-electron chi connectivity index (χ4n) is 3.42. The number of rotatable bonds is 5. The second kappa shape index (κ2) is 8.26. The van der Waals surface area contributed by atoms with Crippen molar-refractivity contribution in [3.8, 4) is 11.5 Å². The van der Waals surface area contributed by atoms with E-state index in [2.05, 4.69) is 25.0 Å². The van der Waals surface area contributed by atoms with Gasteiger partial charge in [-0.05, 0) is 44.2 Å². The van der Waals surface area contributed by atoms with Gasteiger partial charge >= 0.3 is 0 Å². The van der Waals surface area contributed by atoms with Crippen LogP contribution >= 0.6 is 0 Å². The average Bonchev–Trinajstić information content (AvgIpc) is 3.23. The van der Waals surface area contributed by atoms with Crippen LogP contribution in [0.2, 0.25) is 0 Å². The molecule has 0 N–H and O–H groups in total. The number of piperidine rings is 1. The summed E-state index contributed by atoms with van der Waals surface area (Å²) < 4.78 is 5.38. The molecule has 144 valence electrons. The molecule has 3 aromatic rings. The van der Waals surface area contributed by atoms with Crippen molar-refractivity contribution in [2.45, 2.75) is 25.4 Å². The summed E-state index contributed by atoms with van der Waals surface area (Å²) in [5, 5.41) is 4.02. The molecule has 1 aliphatic rings. The molecule has 3 aromatic heterocycles. The number of pyridine rings is 2. The number of aromatic nitrogens is 4. The second-order valence-electron chi connectivity index (χ2n) is 6.88. The van der Waals surface area contributed by atoms with Crippen LogP contribution in [-0.2, 0) is 6.54 Å². The van der Waals surface area contributed by atoms with E-state index in [4.69, 9.17) is 4.52 Å². The van der Waals surface area contributed by atoms with Gasteiger partial charge in [0.05, 0.1) is 6.54 Å². The van der Waals surface area contributed by atoms with Crippen LogP contribution in [-0.4, -0.2) is 62.0 Å². The van der Waals surface area contributed by atoms with E-state index in [1.807, 2.05) is 42.3 Å². The van der Waals surface area contributed by atoms with Gasteiger partial charge in [-0.2, -0.15) is 4.98 Å². The summed E-state index contributed by atoms with van der Waals surface area (Å²) in [5.74, 6) is 1.06. The van der Waals surface area contributed by atoms with Gasteiger partial charge in [-0.25, -0.2) is 0 Å². The Hall–Kier alpha value is -3.13. The fourth-order valence-corrected chi connectivity index (χ4v) is 3.42. The predicted octanol–water partition coefficient (Wildman–Crippen LogP) is 2.26. The zero-order valence-electron chi connectivity index (χ0n) is 15.7. The number of carbonyl (C=O) groups excluding carboxylic acids is 1. The minimum Gasteiger partial charge on any atom is -0.337 e. The van der Waals surface area contributed by atoms with Gasteiger partial charge in [0.1, 0.15) is 11.4 Å². The molecule has 1 fully saturated rings. The summed E-state index contributed by atoms with van der Waals surface area (Å²) >= 11 is 0. The molecule has 0 aromatic carbocycles. The summed E-state index contributed by atoms with van der Waals surface area (Å²) in [7, 11) is 2.05. The normalized spacial score (nSPS) is 15.1. The molecule has 4 rings (SSSR count). The van der Waals surface area contributed by atoms with Crippen molar-refractivity contribution in [1.29, 1.82) is 0 Å². The smallest absolute Gasteiger partial charge is 0.272 e. The number of carbonyl (C=O) groups is 1. The second-order valence-corrected chi connectivity index (χ2v) is 6.88. The third kappa shape index (κ3) is 4.07. The number of hydrogen-bond donors (Lipinski definition) is 0. The number of amides is 1. The van der Waals surface area contributed by atoms with Gasteiger partial charge in [0, 0.05) is 31.5 Å². The molecule has 0 atom stereocenters. The van der Waals surface area contributed by atoms with Crippen LogP contribution < -0.4 is 0 Å². The Morgan fingerprint density at radius 3 is 2.57 bits per heavy atom. The first-order valence-corrected chi connectivity index (χ1v) is 9.35. The summed E-state index contributed by atoms with van der Waals surface area (Å²) in [4.78, 5) is 29.4. The lowest BCUT2D eigenvalue weighted by atomic mass is 10.0. The average molecular weight is 378 g/mol. The number of hydrogen-bond acceptors (Lipinski definition) is 7. The van der Waals surface area contributed by atoms with Gasteiger partial charge in [0.25, 0.3) is 5.91 Å². The molecule has 0 saturated carbocycles. The molecule has 8 heteroatoms. The highest BCUT2D eigenvalue weighted by Crippen LogP contribution is 2.19.